The number of hydrogen-bond donors (Lipinski definition) is 1. The number of hydrogen-bond acceptors (Lipinski definition) is 2. The van der Waals surface area contributed by atoms with E-state index in [1.54, 1.807) is 11.8 Å². The van der Waals surface area contributed by atoms with Gasteiger partial charge in [0.25, 0.3) is 5.91 Å². The molecule has 2 rings (SSSR count). The fourth-order valence-electron chi connectivity index (χ4n) is 2.57. The largest absolute Gasteiger partial charge is 0.478 e. The van der Waals surface area contributed by atoms with E-state index in [2.05, 4.69) is 0 Å². The molecule has 0 aliphatic carbocycles. The highest BCUT2D eigenvalue weighted by Gasteiger charge is 2.31. The highest BCUT2D eigenvalue weighted by atomic mass is 16.4. The van der Waals surface area contributed by atoms with Crippen molar-refractivity contribution in [1.29, 1.82) is 0 Å². The minimum Gasteiger partial charge on any atom is -0.478 e. The molecule has 1 aliphatic rings. The zero-order valence-corrected chi connectivity index (χ0v) is 11.8. The molecule has 4 heteroatoms. The Labute approximate surface area is 118 Å². The van der Waals surface area contributed by atoms with E-state index >= 15 is 0 Å². The summed E-state index contributed by atoms with van der Waals surface area (Å²) >= 11 is 0. The lowest BCUT2D eigenvalue weighted by Gasteiger charge is -2.25. The van der Waals surface area contributed by atoms with Gasteiger partial charge in [-0.1, -0.05) is 30.3 Å². The van der Waals surface area contributed by atoms with Crippen LogP contribution in [0.5, 0.6) is 0 Å². The molecular weight excluding hydrogens is 254 g/mol. The second-order valence-electron chi connectivity index (χ2n) is 5.12. The van der Waals surface area contributed by atoms with E-state index in [-0.39, 0.29) is 17.5 Å². The second kappa shape index (κ2) is 5.90. The number of carboxylic acid groups (broad SMARTS) is 1. The third kappa shape index (κ3) is 2.74. The van der Waals surface area contributed by atoms with Gasteiger partial charge in [-0.3, -0.25) is 4.79 Å². The molecule has 4 nitrogen and oxygen atoms in total. The Balaban J connectivity index is 2.26. The van der Waals surface area contributed by atoms with Crippen molar-refractivity contribution >= 4 is 11.9 Å². The van der Waals surface area contributed by atoms with E-state index in [1.165, 1.54) is 6.92 Å². The van der Waals surface area contributed by atoms with Crippen molar-refractivity contribution in [3.63, 3.8) is 0 Å². The van der Waals surface area contributed by atoms with E-state index in [9.17, 15) is 9.59 Å². The molecule has 1 aromatic rings. The van der Waals surface area contributed by atoms with Gasteiger partial charge in [0.15, 0.2) is 0 Å². The van der Waals surface area contributed by atoms with Crippen LogP contribution in [0.4, 0.5) is 0 Å². The Kier molecular flexibility index (Phi) is 4.23. The highest BCUT2D eigenvalue weighted by Crippen LogP contribution is 2.33. The summed E-state index contributed by atoms with van der Waals surface area (Å²) in [5.74, 6) is -1.21. The fourth-order valence-corrected chi connectivity index (χ4v) is 2.57. The first-order valence-corrected chi connectivity index (χ1v) is 6.79. The molecule has 0 radical (unpaired) electrons. The van der Waals surface area contributed by atoms with Gasteiger partial charge in [-0.15, -0.1) is 0 Å². The van der Waals surface area contributed by atoms with Crippen LogP contribution in [-0.4, -0.2) is 28.4 Å². The number of amides is 1. The number of rotatable bonds is 3. The Hall–Kier alpha value is -2.10. The summed E-state index contributed by atoms with van der Waals surface area (Å²) in [6.45, 7) is 3.75. The molecular formula is C16H19NO3. The minimum absolute atomic E-state index is 0.0558. The van der Waals surface area contributed by atoms with Crippen LogP contribution in [0.1, 0.15) is 38.3 Å². The smallest absolute Gasteiger partial charge is 0.331 e. The Bertz CT molecular complexity index is 548. The van der Waals surface area contributed by atoms with Crippen molar-refractivity contribution in [3.05, 3.63) is 47.0 Å². The quantitative estimate of drug-likeness (QED) is 0.861. The maximum atomic E-state index is 12.5. The maximum absolute atomic E-state index is 12.5. The van der Waals surface area contributed by atoms with Crippen LogP contribution < -0.4 is 0 Å². The Morgan fingerprint density at radius 2 is 1.80 bits per heavy atom. The summed E-state index contributed by atoms with van der Waals surface area (Å²) in [5.41, 5.74) is 1.55. The lowest BCUT2D eigenvalue weighted by molar-refractivity contribution is -0.134. The number of nitrogens with zero attached hydrogens (tertiary/aromatic N) is 1. The number of benzene rings is 1. The zero-order valence-electron chi connectivity index (χ0n) is 11.8. The average molecular weight is 273 g/mol. The average Bonchev–Trinajstić information content (AvgIpc) is 2.95. The monoisotopic (exact) mass is 273 g/mol. The van der Waals surface area contributed by atoms with Crippen LogP contribution in [0.25, 0.3) is 0 Å². The third-order valence-corrected chi connectivity index (χ3v) is 3.90. The van der Waals surface area contributed by atoms with Gasteiger partial charge >= 0.3 is 5.97 Å². The molecule has 1 saturated heterocycles. The van der Waals surface area contributed by atoms with E-state index in [1.807, 2.05) is 30.3 Å². The van der Waals surface area contributed by atoms with Crippen molar-refractivity contribution < 1.29 is 14.7 Å². The van der Waals surface area contributed by atoms with Crippen LogP contribution in [-0.2, 0) is 9.59 Å². The van der Waals surface area contributed by atoms with Crippen LogP contribution in [0, 0.1) is 0 Å². The summed E-state index contributed by atoms with van der Waals surface area (Å²) in [6, 6.07) is 9.95. The van der Waals surface area contributed by atoms with Crippen molar-refractivity contribution in [2.75, 3.05) is 6.54 Å². The van der Waals surface area contributed by atoms with Crippen molar-refractivity contribution in [3.8, 4) is 0 Å². The SMILES string of the molecule is CC(C(=O)O)=C(C)C(=O)N1CCCC1c1ccccc1. The normalized spacial score (nSPS) is 19.7. The third-order valence-electron chi connectivity index (χ3n) is 3.90. The number of carbonyl (C=O) groups excluding carboxylic acids is 1. The van der Waals surface area contributed by atoms with Gasteiger partial charge in [0.1, 0.15) is 0 Å². The van der Waals surface area contributed by atoms with Gasteiger partial charge in [0.2, 0.25) is 0 Å². The predicted octanol–water partition coefficient (Wildman–Crippen LogP) is 2.77. The minimum atomic E-state index is -1.04. The predicted molar refractivity (Wildman–Crippen MR) is 76.1 cm³/mol. The molecule has 1 atom stereocenters. The first kappa shape index (κ1) is 14.3. The van der Waals surface area contributed by atoms with Gasteiger partial charge in [-0.25, -0.2) is 4.79 Å². The van der Waals surface area contributed by atoms with E-state index in [0.717, 1.165) is 18.4 Å². The van der Waals surface area contributed by atoms with Crippen molar-refractivity contribution in [1.82, 2.24) is 4.90 Å². The van der Waals surface area contributed by atoms with E-state index in [0.29, 0.717) is 12.1 Å². The summed E-state index contributed by atoms with van der Waals surface area (Å²) in [7, 11) is 0. The molecule has 1 aliphatic heterocycles. The summed E-state index contributed by atoms with van der Waals surface area (Å²) in [5, 5.41) is 9.00. The van der Waals surface area contributed by atoms with Crippen LogP contribution in [0.3, 0.4) is 0 Å². The molecule has 20 heavy (non-hydrogen) atoms. The second-order valence-corrected chi connectivity index (χ2v) is 5.12. The van der Waals surface area contributed by atoms with Gasteiger partial charge in [0, 0.05) is 17.7 Å². The molecule has 1 aromatic carbocycles. The maximum Gasteiger partial charge on any atom is 0.331 e. The summed E-state index contributed by atoms with van der Waals surface area (Å²) in [6.07, 6.45) is 1.87. The molecule has 0 bridgehead atoms. The molecule has 1 unspecified atom stereocenters. The van der Waals surface area contributed by atoms with E-state index in [4.69, 9.17) is 5.11 Å². The van der Waals surface area contributed by atoms with Gasteiger partial charge in [-0.2, -0.15) is 0 Å². The van der Waals surface area contributed by atoms with Gasteiger partial charge in [0.05, 0.1) is 6.04 Å². The number of carboxylic acids is 1. The lowest BCUT2D eigenvalue weighted by atomic mass is 10.0. The van der Waals surface area contributed by atoms with Crippen molar-refractivity contribution in [2.24, 2.45) is 0 Å². The summed E-state index contributed by atoms with van der Waals surface area (Å²) in [4.78, 5) is 25.3. The van der Waals surface area contributed by atoms with Gasteiger partial charge < -0.3 is 10.0 Å². The molecule has 1 amide bonds. The molecule has 106 valence electrons. The van der Waals surface area contributed by atoms with Crippen LogP contribution in [0.2, 0.25) is 0 Å². The first-order valence-electron chi connectivity index (χ1n) is 6.79. The molecule has 1 N–H and O–H groups in total. The zero-order chi connectivity index (χ0) is 14.7. The topological polar surface area (TPSA) is 57.6 Å². The molecule has 0 spiro atoms. The Morgan fingerprint density at radius 3 is 2.40 bits per heavy atom. The molecule has 1 heterocycles. The van der Waals surface area contributed by atoms with Crippen LogP contribution in [0.15, 0.2) is 41.5 Å². The number of aliphatic carboxylic acids is 1. The Morgan fingerprint density at radius 1 is 1.15 bits per heavy atom. The van der Waals surface area contributed by atoms with Crippen molar-refractivity contribution in [2.45, 2.75) is 32.7 Å². The summed E-state index contributed by atoms with van der Waals surface area (Å²) < 4.78 is 0. The molecule has 1 fully saturated rings. The molecule has 0 aromatic heterocycles. The number of carbonyl (C=O) groups is 2. The fraction of sp³-hybridized carbons (Fsp3) is 0.375. The lowest BCUT2D eigenvalue weighted by Crippen LogP contribution is -2.32. The number of likely N-dealkylation sites (tertiary alicyclic amines) is 1. The van der Waals surface area contributed by atoms with E-state index < -0.39 is 5.97 Å². The molecule has 0 saturated carbocycles. The van der Waals surface area contributed by atoms with Crippen LogP contribution >= 0.6 is 0 Å². The van der Waals surface area contributed by atoms with Gasteiger partial charge in [-0.05, 0) is 32.3 Å². The highest BCUT2D eigenvalue weighted by molar-refractivity contribution is 6.01. The first-order chi connectivity index (χ1) is 9.52. The standard InChI is InChI=1S/C16H19NO3/c1-11(12(2)16(19)20)15(18)17-10-6-9-14(17)13-7-4-3-5-8-13/h3-5,7-8,14H,6,9-10H2,1-2H3,(H,19,20).